The molecule has 1 aromatic carbocycles. The number of rotatable bonds is 2. The Kier molecular flexibility index (Phi) is 3.15. The smallest absolute Gasteiger partial charge is 0.420 e. The maximum absolute atomic E-state index is 12.7. The van der Waals surface area contributed by atoms with Crippen LogP contribution in [0.2, 0.25) is 0 Å². The molecule has 3 nitrogen and oxygen atoms in total. The summed E-state index contributed by atoms with van der Waals surface area (Å²) >= 11 is 0. The summed E-state index contributed by atoms with van der Waals surface area (Å²) in [7, 11) is 0. The lowest BCUT2D eigenvalue weighted by Gasteiger charge is -2.18. The zero-order valence-electron chi connectivity index (χ0n) is 8.96. The van der Waals surface area contributed by atoms with Crippen LogP contribution in [-0.4, -0.2) is 19.3 Å². The van der Waals surface area contributed by atoms with E-state index in [4.69, 9.17) is 15.2 Å². The number of nitrogens with two attached hydrogens (primary N) is 1. The van der Waals surface area contributed by atoms with E-state index in [1.165, 1.54) is 12.1 Å². The number of anilines is 1. The van der Waals surface area contributed by atoms with Crippen LogP contribution in [0.4, 0.5) is 18.9 Å². The molecule has 94 valence electrons. The summed E-state index contributed by atoms with van der Waals surface area (Å²) in [5, 5.41) is 0. The van der Waals surface area contributed by atoms with Gasteiger partial charge in [-0.3, -0.25) is 0 Å². The Morgan fingerprint density at radius 1 is 1.35 bits per heavy atom. The average Bonchev–Trinajstić information content (AvgIpc) is 2.72. The molecule has 2 N–H and O–H groups in total. The first kappa shape index (κ1) is 12.0. The molecule has 0 aliphatic carbocycles. The second kappa shape index (κ2) is 4.44. The van der Waals surface area contributed by atoms with Crippen molar-refractivity contribution in [2.75, 3.05) is 18.9 Å². The van der Waals surface area contributed by atoms with E-state index in [0.717, 1.165) is 6.07 Å². The van der Waals surface area contributed by atoms with Crippen molar-refractivity contribution in [3.63, 3.8) is 0 Å². The van der Waals surface area contributed by atoms with Crippen molar-refractivity contribution >= 4 is 5.69 Å². The number of benzene rings is 1. The van der Waals surface area contributed by atoms with E-state index < -0.39 is 11.7 Å². The Bertz CT molecular complexity index is 400. The fraction of sp³-hybridized carbons (Fsp3) is 0.455. The van der Waals surface area contributed by atoms with Crippen molar-refractivity contribution in [3.8, 4) is 5.75 Å². The Morgan fingerprint density at radius 3 is 2.71 bits per heavy atom. The SMILES string of the molecule is Nc1cccc(C(F)(F)F)c1O[C@H]1CCOC1. The Hall–Kier alpha value is -1.43. The van der Waals surface area contributed by atoms with Crippen molar-refractivity contribution in [1.82, 2.24) is 0 Å². The summed E-state index contributed by atoms with van der Waals surface area (Å²) < 4.78 is 48.5. The van der Waals surface area contributed by atoms with E-state index in [-0.39, 0.29) is 17.5 Å². The Morgan fingerprint density at radius 2 is 2.12 bits per heavy atom. The quantitative estimate of drug-likeness (QED) is 0.816. The molecule has 2 rings (SSSR count). The summed E-state index contributed by atoms with van der Waals surface area (Å²) in [5.74, 6) is -0.296. The molecule has 0 amide bonds. The maximum Gasteiger partial charge on any atom is 0.420 e. The van der Waals surface area contributed by atoms with Crippen LogP contribution >= 0.6 is 0 Å². The highest BCUT2D eigenvalue weighted by atomic mass is 19.4. The van der Waals surface area contributed by atoms with Gasteiger partial charge in [0.15, 0.2) is 5.75 Å². The lowest BCUT2D eigenvalue weighted by atomic mass is 10.1. The minimum absolute atomic E-state index is 0.00766. The van der Waals surface area contributed by atoms with Crippen LogP contribution in [0.25, 0.3) is 0 Å². The predicted octanol–water partition coefficient (Wildman–Crippen LogP) is 2.46. The molecule has 1 aliphatic rings. The number of hydrogen-bond donors (Lipinski definition) is 1. The van der Waals surface area contributed by atoms with Gasteiger partial charge >= 0.3 is 6.18 Å². The molecular formula is C11H12F3NO2. The van der Waals surface area contributed by atoms with Crippen LogP contribution in [0.1, 0.15) is 12.0 Å². The van der Waals surface area contributed by atoms with Crippen molar-refractivity contribution < 1.29 is 22.6 Å². The lowest BCUT2D eigenvalue weighted by molar-refractivity contribution is -0.139. The van der Waals surface area contributed by atoms with E-state index in [2.05, 4.69) is 0 Å². The van der Waals surface area contributed by atoms with Gasteiger partial charge < -0.3 is 15.2 Å². The molecule has 0 radical (unpaired) electrons. The van der Waals surface area contributed by atoms with Gasteiger partial charge in [-0.05, 0) is 12.1 Å². The number of hydrogen-bond acceptors (Lipinski definition) is 3. The van der Waals surface area contributed by atoms with Crippen LogP contribution in [0, 0.1) is 0 Å². The zero-order chi connectivity index (χ0) is 12.5. The highest BCUT2D eigenvalue weighted by Crippen LogP contribution is 2.40. The standard InChI is InChI=1S/C11H12F3NO2/c12-11(13,14)8-2-1-3-9(15)10(8)17-7-4-5-16-6-7/h1-3,7H,4-6,15H2/t7-/m0/s1. The van der Waals surface area contributed by atoms with Crippen LogP contribution in [0.3, 0.4) is 0 Å². The van der Waals surface area contributed by atoms with E-state index in [1.54, 1.807) is 0 Å². The lowest BCUT2D eigenvalue weighted by Crippen LogP contribution is -2.19. The number of ether oxygens (including phenoxy) is 2. The third kappa shape index (κ3) is 2.63. The molecule has 1 heterocycles. The summed E-state index contributed by atoms with van der Waals surface area (Å²) in [5.41, 5.74) is 4.68. The topological polar surface area (TPSA) is 44.5 Å². The molecule has 0 aromatic heterocycles. The van der Waals surface area contributed by atoms with E-state index in [9.17, 15) is 13.2 Å². The molecular weight excluding hydrogens is 235 g/mol. The summed E-state index contributed by atoms with van der Waals surface area (Å²) in [4.78, 5) is 0. The Labute approximate surface area is 96.3 Å². The van der Waals surface area contributed by atoms with E-state index >= 15 is 0 Å². The third-order valence-electron chi connectivity index (χ3n) is 2.52. The van der Waals surface area contributed by atoms with Crippen molar-refractivity contribution in [1.29, 1.82) is 0 Å². The largest absolute Gasteiger partial charge is 0.485 e. The van der Waals surface area contributed by atoms with Crippen molar-refractivity contribution in [2.45, 2.75) is 18.7 Å². The normalized spacial score (nSPS) is 20.5. The Balaban J connectivity index is 2.30. The second-order valence-electron chi connectivity index (χ2n) is 3.83. The van der Waals surface area contributed by atoms with Crippen LogP contribution in [0.15, 0.2) is 18.2 Å². The minimum Gasteiger partial charge on any atom is -0.485 e. The van der Waals surface area contributed by atoms with Crippen LogP contribution < -0.4 is 10.5 Å². The molecule has 0 unspecified atom stereocenters. The average molecular weight is 247 g/mol. The fourth-order valence-corrected chi connectivity index (χ4v) is 1.68. The van der Waals surface area contributed by atoms with Crippen LogP contribution in [0.5, 0.6) is 5.75 Å². The van der Waals surface area contributed by atoms with E-state index in [1.807, 2.05) is 0 Å². The maximum atomic E-state index is 12.7. The molecule has 17 heavy (non-hydrogen) atoms. The van der Waals surface area contributed by atoms with Gasteiger partial charge in [-0.15, -0.1) is 0 Å². The summed E-state index contributed by atoms with van der Waals surface area (Å²) in [6.07, 6.45) is -4.25. The monoisotopic (exact) mass is 247 g/mol. The molecule has 0 spiro atoms. The third-order valence-corrected chi connectivity index (χ3v) is 2.52. The van der Waals surface area contributed by atoms with Crippen molar-refractivity contribution in [3.05, 3.63) is 23.8 Å². The molecule has 1 atom stereocenters. The van der Waals surface area contributed by atoms with Gasteiger partial charge in [0.05, 0.1) is 24.5 Å². The first-order valence-corrected chi connectivity index (χ1v) is 5.18. The fourth-order valence-electron chi connectivity index (χ4n) is 1.68. The molecule has 1 fully saturated rings. The predicted molar refractivity (Wildman–Crippen MR) is 55.7 cm³/mol. The van der Waals surface area contributed by atoms with Gasteiger partial charge in [0.25, 0.3) is 0 Å². The molecule has 1 aliphatic heterocycles. The molecule has 6 heteroatoms. The van der Waals surface area contributed by atoms with Gasteiger partial charge in [-0.1, -0.05) is 6.07 Å². The number of nitrogen functional groups attached to an aromatic ring is 1. The van der Waals surface area contributed by atoms with Crippen molar-refractivity contribution in [2.24, 2.45) is 0 Å². The molecule has 0 bridgehead atoms. The molecule has 0 saturated carbocycles. The zero-order valence-corrected chi connectivity index (χ0v) is 8.96. The van der Waals surface area contributed by atoms with Gasteiger partial charge in [-0.25, -0.2) is 0 Å². The molecule has 1 aromatic rings. The van der Waals surface area contributed by atoms with Gasteiger partial charge in [0, 0.05) is 6.42 Å². The number of alkyl halides is 3. The van der Waals surface area contributed by atoms with E-state index in [0.29, 0.717) is 19.6 Å². The molecule has 1 saturated heterocycles. The highest BCUT2D eigenvalue weighted by Gasteiger charge is 2.36. The summed E-state index contributed by atoms with van der Waals surface area (Å²) in [6.45, 7) is 0.796. The van der Waals surface area contributed by atoms with Gasteiger partial charge in [0.2, 0.25) is 0 Å². The first-order valence-electron chi connectivity index (χ1n) is 5.18. The number of para-hydroxylation sites is 1. The van der Waals surface area contributed by atoms with Gasteiger partial charge in [-0.2, -0.15) is 13.2 Å². The summed E-state index contributed by atoms with van der Waals surface area (Å²) in [6, 6.07) is 3.61. The highest BCUT2D eigenvalue weighted by molar-refractivity contribution is 5.57. The van der Waals surface area contributed by atoms with Gasteiger partial charge in [0.1, 0.15) is 6.10 Å². The minimum atomic E-state index is -4.47. The van der Waals surface area contributed by atoms with Crippen LogP contribution in [-0.2, 0) is 10.9 Å². The first-order chi connectivity index (χ1) is 7.98. The number of halogens is 3. The second-order valence-corrected chi connectivity index (χ2v) is 3.83.